The van der Waals surface area contributed by atoms with E-state index < -0.39 is 29.4 Å². The number of anilines is 1. The second-order valence-electron chi connectivity index (χ2n) is 7.52. The molecule has 8 heteroatoms. The molecule has 0 aliphatic carbocycles. The number of carbonyl (C=O) groups excluding carboxylic acids is 3. The minimum Gasteiger partial charge on any atom is -0.355 e. The Balaban J connectivity index is 1.49. The fraction of sp³-hybridized carbons (Fsp3) is 0.120. The van der Waals surface area contributed by atoms with Crippen molar-refractivity contribution < 1.29 is 23.2 Å². The van der Waals surface area contributed by atoms with Crippen LogP contribution in [0.2, 0.25) is 0 Å². The maximum atomic E-state index is 13.8. The van der Waals surface area contributed by atoms with E-state index in [1.165, 1.54) is 36.4 Å². The summed E-state index contributed by atoms with van der Waals surface area (Å²) in [6.45, 7) is 0.0460. The highest BCUT2D eigenvalue weighted by Crippen LogP contribution is 2.34. The number of fused-ring (bicyclic) bond motifs is 1. The molecule has 0 saturated carbocycles. The molecule has 0 saturated heterocycles. The van der Waals surface area contributed by atoms with E-state index in [0.29, 0.717) is 27.9 Å². The molecule has 0 spiro atoms. The first-order valence-electron chi connectivity index (χ1n) is 10.1. The molecule has 4 rings (SSSR count). The average molecular weight is 445 g/mol. The molecule has 2 N–H and O–H groups in total. The summed E-state index contributed by atoms with van der Waals surface area (Å²) in [6.07, 6.45) is 0.121. The first-order valence-corrected chi connectivity index (χ1v) is 10.1. The standard InChI is InChI=1S/C25H17F2N3O3/c26-18-7-5-15(20(27)12-18)9-10-29-24(32)22-19-11-17(6-8-21(19)30-25(22)33)23(31)16-3-1-14(13-28)2-4-16/h1-8,11-12,22H,9-10H2,(H,29,32)(H,30,33). The number of carbonyl (C=O) groups is 3. The Morgan fingerprint density at radius 1 is 1.00 bits per heavy atom. The summed E-state index contributed by atoms with van der Waals surface area (Å²) in [4.78, 5) is 38.0. The van der Waals surface area contributed by atoms with E-state index in [9.17, 15) is 23.2 Å². The van der Waals surface area contributed by atoms with Gasteiger partial charge in [-0.2, -0.15) is 5.26 Å². The third-order valence-electron chi connectivity index (χ3n) is 5.39. The van der Waals surface area contributed by atoms with E-state index in [-0.39, 0.29) is 24.3 Å². The van der Waals surface area contributed by atoms with Gasteiger partial charge < -0.3 is 10.6 Å². The van der Waals surface area contributed by atoms with Gasteiger partial charge in [-0.1, -0.05) is 6.07 Å². The molecular weight excluding hydrogens is 428 g/mol. The van der Waals surface area contributed by atoms with Crippen LogP contribution in [0.25, 0.3) is 0 Å². The van der Waals surface area contributed by atoms with Gasteiger partial charge in [0.2, 0.25) is 11.8 Å². The van der Waals surface area contributed by atoms with Gasteiger partial charge in [-0.15, -0.1) is 0 Å². The minimum atomic E-state index is -1.16. The Labute approximate surface area is 187 Å². The van der Waals surface area contributed by atoms with Gasteiger partial charge in [0.15, 0.2) is 5.78 Å². The van der Waals surface area contributed by atoms with E-state index in [2.05, 4.69) is 10.6 Å². The van der Waals surface area contributed by atoms with Crippen molar-refractivity contribution in [3.8, 4) is 6.07 Å². The Morgan fingerprint density at radius 2 is 1.73 bits per heavy atom. The highest BCUT2D eigenvalue weighted by atomic mass is 19.1. The number of ketones is 1. The molecule has 33 heavy (non-hydrogen) atoms. The first kappa shape index (κ1) is 21.8. The number of amides is 2. The van der Waals surface area contributed by atoms with Crippen LogP contribution < -0.4 is 10.6 Å². The fourth-order valence-electron chi connectivity index (χ4n) is 3.67. The Kier molecular flexibility index (Phi) is 5.96. The van der Waals surface area contributed by atoms with Crippen LogP contribution in [0.5, 0.6) is 0 Å². The lowest BCUT2D eigenvalue weighted by atomic mass is 9.94. The lowest BCUT2D eigenvalue weighted by Gasteiger charge is -2.11. The highest BCUT2D eigenvalue weighted by Gasteiger charge is 2.36. The van der Waals surface area contributed by atoms with Crippen LogP contribution >= 0.6 is 0 Å². The Morgan fingerprint density at radius 3 is 2.42 bits per heavy atom. The monoisotopic (exact) mass is 445 g/mol. The van der Waals surface area contributed by atoms with Crippen molar-refractivity contribution >= 4 is 23.3 Å². The second-order valence-corrected chi connectivity index (χ2v) is 7.52. The van der Waals surface area contributed by atoms with Crippen LogP contribution in [0, 0.1) is 23.0 Å². The van der Waals surface area contributed by atoms with Gasteiger partial charge in [0, 0.05) is 29.4 Å². The summed E-state index contributed by atoms with van der Waals surface area (Å²) in [5.74, 6) is -3.99. The number of nitrogens with one attached hydrogen (secondary N) is 2. The summed E-state index contributed by atoms with van der Waals surface area (Å²) in [5.41, 5.74) is 2.12. The van der Waals surface area contributed by atoms with Crippen molar-refractivity contribution in [2.45, 2.75) is 12.3 Å². The van der Waals surface area contributed by atoms with Gasteiger partial charge in [0.05, 0.1) is 11.6 Å². The van der Waals surface area contributed by atoms with E-state index in [0.717, 1.165) is 12.1 Å². The summed E-state index contributed by atoms with van der Waals surface area (Å²) >= 11 is 0. The number of nitriles is 1. The highest BCUT2D eigenvalue weighted by molar-refractivity contribution is 6.17. The molecule has 2 amide bonds. The van der Waals surface area contributed by atoms with Crippen molar-refractivity contribution in [3.63, 3.8) is 0 Å². The van der Waals surface area contributed by atoms with Crippen molar-refractivity contribution in [2.75, 3.05) is 11.9 Å². The van der Waals surface area contributed by atoms with Crippen LogP contribution in [0.1, 0.15) is 38.5 Å². The topological polar surface area (TPSA) is 99.1 Å². The van der Waals surface area contributed by atoms with Crippen molar-refractivity contribution in [3.05, 3.63) is 100 Å². The van der Waals surface area contributed by atoms with Gasteiger partial charge in [0.25, 0.3) is 0 Å². The van der Waals surface area contributed by atoms with Crippen LogP contribution in [0.15, 0.2) is 60.7 Å². The van der Waals surface area contributed by atoms with E-state index in [4.69, 9.17) is 5.26 Å². The lowest BCUT2D eigenvalue weighted by Crippen LogP contribution is -2.34. The third kappa shape index (κ3) is 4.48. The van der Waals surface area contributed by atoms with Crippen molar-refractivity contribution in [1.82, 2.24) is 5.32 Å². The lowest BCUT2D eigenvalue weighted by molar-refractivity contribution is -0.128. The zero-order valence-electron chi connectivity index (χ0n) is 17.2. The Hall–Kier alpha value is -4.38. The van der Waals surface area contributed by atoms with Crippen LogP contribution in [-0.2, 0) is 16.0 Å². The zero-order chi connectivity index (χ0) is 23.5. The van der Waals surface area contributed by atoms with Crippen LogP contribution in [0.3, 0.4) is 0 Å². The predicted molar refractivity (Wildman–Crippen MR) is 115 cm³/mol. The average Bonchev–Trinajstić information content (AvgIpc) is 3.15. The molecule has 1 heterocycles. The molecular formula is C25H17F2N3O3. The molecule has 0 radical (unpaired) electrons. The summed E-state index contributed by atoms with van der Waals surface area (Å²) in [5, 5.41) is 14.1. The molecule has 1 unspecified atom stereocenters. The molecule has 1 aliphatic rings. The SMILES string of the molecule is N#Cc1ccc(C(=O)c2ccc3c(c2)C(C(=O)NCCc2ccc(F)cc2F)C(=O)N3)cc1. The molecule has 0 bridgehead atoms. The number of nitrogens with zero attached hydrogens (tertiary/aromatic N) is 1. The molecule has 1 atom stereocenters. The molecule has 0 aromatic heterocycles. The molecule has 3 aromatic rings. The predicted octanol–water partition coefficient (Wildman–Crippen LogP) is 3.46. The molecule has 3 aromatic carbocycles. The normalized spacial score (nSPS) is 14.2. The number of rotatable bonds is 6. The number of halogens is 2. The van der Waals surface area contributed by atoms with Gasteiger partial charge in [0.1, 0.15) is 17.6 Å². The van der Waals surface area contributed by atoms with Gasteiger partial charge in [-0.25, -0.2) is 8.78 Å². The summed E-state index contributed by atoms with van der Waals surface area (Å²) < 4.78 is 26.8. The van der Waals surface area contributed by atoms with E-state index in [1.54, 1.807) is 12.1 Å². The van der Waals surface area contributed by atoms with Crippen LogP contribution in [-0.4, -0.2) is 24.1 Å². The van der Waals surface area contributed by atoms with E-state index >= 15 is 0 Å². The van der Waals surface area contributed by atoms with Crippen molar-refractivity contribution in [1.29, 1.82) is 5.26 Å². The molecule has 6 nitrogen and oxygen atoms in total. The fourth-order valence-corrected chi connectivity index (χ4v) is 3.67. The van der Waals surface area contributed by atoms with Gasteiger partial charge in [-0.3, -0.25) is 14.4 Å². The van der Waals surface area contributed by atoms with Gasteiger partial charge in [-0.05, 0) is 66.1 Å². The summed E-state index contributed by atoms with van der Waals surface area (Å²) in [6, 6.07) is 15.9. The maximum Gasteiger partial charge on any atom is 0.241 e. The maximum absolute atomic E-state index is 13.8. The molecule has 1 aliphatic heterocycles. The number of benzene rings is 3. The molecule has 164 valence electrons. The largest absolute Gasteiger partial charge is 0.355 e. The minimum absolute atomic E-state index is 0.0460. The second kappa shape index (κ2) is 9.01. The molecule has 0 fully saturated rings. The smallest absolute Gasteiger partial charge is 0.241 e. The van der Waals surface area contributed by atoms with E-state index in [1.807, 2.05) is 6.07 Å². The van der Waals surface area contributed by atoms with Crippen molar-refractivity contribution in [2.24, 2.45) is 0 Å². The number of hydrogen-bond acceptors (Lipinski definition) is 4. The number of hydrogen-bond donors (Lipinski definition) is 2. The van der Waals surface area contributed by atoms with Crippen LogP contribution in [0.4, 0.5) is 14.5 Å². The quantitative estimate of drug-likeness (QED) is 0.448. The Bertz CT molecular complexity index is 1310. The third-order valence-corrected chi connectivity index (χ3v) is 5.39. The first-order chi connectivity index (χ1) is 15.9. The summed E-state index contributed by atoms with van der Waals surface area (Å²) in [7, 11) is 0. The van der Waals surface area contributed by atoms with Gasteiger partial charge >= 0.3 is 0 Å². The zero-order valence-corrected chi connectivity index (χ0v) is 17.2.